The fourth-order valence-corrected chi connectivity index (χ4v) is 2.85. The molecule has 2 amide bonds. The van der Waals surface area contributed by atoms with Gasteiger partial charge in [-0.3, -0.25) is 14.5 Å². The quantitative estimate of drug-likeness (QED) is 0.630. The van der Waals surface area contributed by atoms with E-state index in [1.807, 2.05) is 24.3 Å². The fourth-order valence-electron chi connectivity index (χ4n) is 2.48. The molecule has 0 radical (unpaired) electrons. The number of carbonyl (C=O) groups is 2. The van der Waals surface area contributed by atoms with Crippen molar-refractivity contribution in [3.63, 3.8) is 0 Å². The Hall–Kier alpha value is -1.94. The molecule has 1 heterocycles. The Labute approximate surface area is 131 Å². The molecule has 106 valence electrons. The van der Waals surface area contributed by atoms with Crippen molar-refractivity contribution < 1.29 is 9.59 Å². The average Bonchev–Trinajstić information content (AvgIpc) is 2.78. The number of fused-ring (bicyclic) bond motifs is 1. The van der Waals surface area contributed by atoms with Gasteiger partial charge in [-0.15, -0.1) is 0 Å². The van der Waals surface area contributed by atoms with E-state index >= 15 is 0 Å². The molecule has 2 aromatic carbocycles. The molecular formula is C17H14BrNO2. The van der Waals surface area contributed by atoms with Crippen LogP contribution < -0.4 is 0 Å². The predicted octanol–water partition coefficient (Wildman–Crippen LogP) is 3.42. The van der Waals surface area contributed by atoms with Gasteiger partial charge in [0.1, 0.15) is 0 Å². The van der Waals surface area contributed by atoms with Crippen LogP contribution in [0.15, 0.2) is 48.5 Å². The molecule has 0 aliphatic carbocycles. The van der Waals surface area contributed by atoms with Crippen molar-refractivity contribution >= 4 is 27.7 Å². The molecule has 2 aromatic rings. The zero-order valence-corrected chi connectivity index (χ0v) is 13.0. The topological polar surface area (TPSA) is 37.4 Å². The molecule has 0 saturated carbocycles. The van der Waals surface area contributed by atoms with E-state index in [4.69, 9.17) is 0 Å². The number of nitrogens with zero attached hydrogens (tertiary/aromatic N) is 1. The summed E-state index contributed by atoms with van der Waals surface area (Å²) in [6.07, 6.45) is 0.675. The van der Waals surface area contributed by atoms with Crippen molar-refractivity contribution in [3.8, 4) is 0 Å². The van der Waals surface area contributed by atoms with Gasteiger partial charge in [-0.1, -0.05) is 52.3 Å². The summed E-state index contributed by atoms with van der Waals surface area (Å²) in [4.78, 5) is 25.8. The summed E-state index contributed by atoms with van der Waals surface area (Å²) in [6, 6.07) is 15.2. The highest BCUT2D eigenvalue weighted by Crippen LogP contribution is 2.22. The van der Waals surface area contributed by atoms with Crippen LogP contribution in [-0.4, -0.2) is 23.3 Å². The van der Waals surface area contributed by atoms with Gasteiger partial charge >= 0.3 is 0 Å². The van der Waals surface area contributed by atoms with Crippen molar-refractivity contribution in [2.45, 2.75) is 11.8 Å². The van der Waals surface area contributed by atoms with Gasteiger partial charge in [-0.2, -0.15) is 0 Å². The molecule has 0 spiro atoms. The molecule has 0 atom stereocenters. The first-order chi connectivity index (χ1) is 10.2. The number of alkyl halides is 1. The van der Waals surface area contributed by atoms with Gasteiger partial charge < -0.3 is 0 Å². The Morgan fingerprint density at radius 3 is 1.86 bits per heavy atom. The van der Waals surface area contributed by atoms with Crippen molar-refractivity contribution in [3.05, 3.63) is 70.8 Å². The normalized spacial score (nSPS) is 13.7. The van der Waals surface area contributed by atoms with E-state index in [-0.39, 0.29) is 11.8 Å². The maximum atomic E-state index is 12.2. The van der Waals surface area contributed by atoms with Gasteiger partial charge in [0, 0.05) is 11.9 Å². The number of halogens is 1. The third-order valence-electron chi connectivity index (χ3n) is 3.68. The SMILES string of the molecule is O=C1c2ccccc2C(=O)N1CCc1ccc(CBr)cc1. The third kappa shape index (κ3) is 2.63. The first-order valence-corrected chi connectivity index (χ1v) is 7.92. The zero-order valence-electron chi connectivity index (χ0n) is 11.4. The van der Waals surface area contributed by atoms with E-state index in [0.29, 0.717) is 24.1 Å². The number of imide groups is 1. The van der Waals surface area contributed by atoms with E-state index in [0.717, 1.165) is 10.9 Å². The van der Waals surface area contributed by atoms with Crippen LogP contribution in [-0.2, 0) is 11.8 Å². The fraction of sp³-hybridized carbons (Fsp3) is 0.176. The molecular weight excluding hydrogens is 330 g/mol. The van der Waals surface area contributed by atoms with Crippen molar-refractivity contribution in [1.29, 1.82) is 0 Å². The molecule has 1 aliphatic heterocycles. The second-order valence-electron chi connectivity index (χ2n) is 5.01. The van der Waals surface area contributed by atoms with Crippen LogP contribution in [0.25, 0.3) is 0 Å². The van der Waals surface area contributed by atoms with Gasteiger partial charge in [0.2, 0.25) is 0 Å². The second kappa shape index (κ2) is 5.82. The molecule has 0 fully saturated rings. The van der Waals surface area contributed by atoms with Crippen molar-refractivity contribution in [2.75, 3.05) is 6.54 Å². The molecule has 3 rings (SSSR count). The molecule has 4 heteroatoms. The Balaban J connectivity index is 1.72. The summed E-state index contributed by atoms with van der Waals surface area (Å²) in [6.45, 7) is 0.417. The minimum atomic E-state index is -0.187. The second-order valence-corrected chi connectivity index (χ2v) is 5.57. The maximum Gasteiger partial charge on any atom is 0.261 e. The molecule has 0 bridgehead atoms. The Bertz CT molecular complexity index is 659. The van der Waals surface area contributed by atoms with Crippen LogP contribution in [0.2, 0.25) is 0 Å². The minimum absolute atomic E-state index is 0.187. The number of rotatable bonds is 4. The van der Waals surface area contributed by atoms with E-state index in [9.17, 15) is 9.59 Å². The van der Waals surface area contributed by atoms with Gasteiger partial charge in [-0.05, 0) is 29.7 Å². The standard InChI is InChI=1S/C17H14BrNO2/c18-11-13-7-5-12(6-8-13)9-10-19-16(20)14-3-1-2-4-15(14)17(19)21/h1-8H,9-11H2. The van der Waals surface area contributed by atoms with E-state index in [1.54, 1.807) is 24.3 Å². The predicted molar refractivity (Wildman–Crippen MR) is 84.6 cm³/mol. The van der Waals surface area contributed by atoms with Crippen LogP contribution in [0.1, 0.15) is 31.8 Å². The molecule has 1 aliphatic rings. The van der Waals surface area contributed by atoms with E-state index in [2.05, 4.69) is 15.9 Å². The van der Waals surface area contributed by atoms with Crippen molar-refractivity contribution in [1.82, 2.24) is 4.90 Å². The number of amides is 2. The summed E-state index contributed by atoms with van der Waals surface area (Å²) in [5, 5.41) is 0.825. The first-order valence-electron chi connectivity index (χ1n) is 6.79. The Morgan fingerprint density at radius 1 is 0.810 bits per heavy atom. The summed E-state index contributed by atoms with van der Waals surface area (Å²) < 4.78 is 0. The molecule has 21 heavy (non-hydrogen) atoms. The Morgan fingerprint density at radius 2 is 1.33 bits per heavy atom. The lowest BCUT2D eigenvalue weighted by atomic mass is 10.1. The third-order valence-corrected chi connectivity index (χ3v) is 4.33. The lowest BCUT2D eigenvalue weighted by Crippen LogP contribution is -2.31. The number of carbonyl (C=O) groups excluding carboxylic acids is 2. The van der Waals surface area contributed by atoms with Crippen LogP contribution >= 0.6 is 15.9 Å². The molecule has 0 aromatic heterocycles. The van der Waals surface area contributed by atoms with Crippen LogP contribution in [0, 0.1) is 0 Å². The smallest absolute Gasteiger partial charge is 0.261 e. The summed E-state index contributed by atoms with van der Waals surface area (Å²) in [7, 11) is 0. The van der Waals surface area contributed by atoms with Gasteiger partial charge in [-0.25, -0.2) is 0 Å². The van der Waals surface area contributed by atoms with Crippen LogP contribution in [0.3, 0.4) is 0 Å². The summed E-state index contributed by atoms with van der Waals surface area (Å²) in [5.74, 6) is -0.375. The zero-order chi connectivity index (χ0) is 14.8. The van der Waals surface area contributed by atoms with Crippen LogP contribution in [0.5, 0.6) is 0 Å². The monoisotopic (exact) mass is 343 g/mol. The summed E-state index contributed by atoms with van der Waals surface area (Å²) >= 11 is 3.41. The highest BCUT2D eigenvalue weighted by atomic mass is 79.9. The summed E-state index contributed by atoms with van der Waals surface area (Å²) in [5.41, 5.74) is 3.35. The highest BCUT2D eigenvalue weighted by Gasteiger charge is 2.34. The molecule has 0 N–H and O–H groups in total. The lowest BCUT2D eigenvalue weighted by Gasteiger charge is -2.13. The molecule has 0 unspecified atom stereocenters. The van der Waals surface area contributed by atoms with Gasteiger partial charge in [0.15, 0.2) is 0 Å². The number of hydrogen-bond acceptors (Lipinski definition) is 2. The number of benzene rings is 2. The van der Waals surface area contributed by atoms with E-state index in [1.165, 1.54) is 10.5 Å². The van der Waals surface area contributed by atoms with Crippen molar-refractivity contribution in [2.24, 2.45) is 0 Å². The highest BCUT2D eigenvalue weighted by molar-refractivity contribution is 9.08. The van der Waals surface area contributed by atoms with Gasteiger partial charge in [0.05, 0.1) is 11.1 Å². The largest absolute Gasteiger partial charge is 0.274 e. The maximum absolute atomic E-state index is 12.2. The Kier molecular flexibility index (Phi) is 3.88. The average molecular weight is 344 g/mol. The lowest BCUT2D eigenvalue weighted by molar-refractivity contribution is 0.0656. The number of hydrogen-bond donors (Lipinski definition) is 0. The molecule has 3 nitrogen and oxygen atoms in total. The first kappa shape index (κ1) is 14.0. The van der Waals surface area contributed by atoms with Gasteiger partial charge in [0.25, 0.3) is 11.8 Å². The minimum Gasteiger partial charge on any atom is -0.274 e. The molecule has 0 saturated heterocycles. The van der Waals surface area contributed by atoms with E-state index < -0.39 is 0 Å². The van der Waals surface area contributed by atoms with Crippen LogP contribution in [0.4, 0.5) is 0 Å².